The quantitative estimate of drug-likeness (QED) is 0.623. The van der Waals surface area contributed by atoms with E-state index in [0.717, 1.165) is 5.56 Å². The van der Waals surface area contributed by atoms with Gasteiger partial charge in [-0.3, -0.25) is 9.59 Å². The van der Waals surface area contributed by atoms with Gasteiger partial charge in [0.2, 0.25) is 0 Å². The normalized spacial score (nSPS) is 16.5. The molecule has 0 spiro atoms. The van der Waals surface area contributed by atoms with Crippen molar-refractivity contribution >= 4 is 17.7 Å². The maximum atomic E-state index is 12.8. The van der Waals surface area contributed by atoms with Gasteiger partial charge in [0.05, 0.1) is 17.5 Å². The summed E-state index contributed by atoms with van der Waals surface area (Å²) in [4.78, 5) is 37.1. The van der Waals surface area contributed by atoms with Crippen LogP contribution in [0.3, 0.4) is 0 Å². The number of fused-ring (bicyclic) bond motifs is 3. The van der Waals surface area contributed by atoms with Gasteiger partial charge in [-0.15, -0.1) is 0 Å². The fourth-order valence-electron chi connectivity index (χ4n) is 3.68. The lowest BCUT2D eigenvalue weighted by Crippen LogP contribution is -2.13. The highest BCUT2D eigenvalue weighted by Gasteiger charge is 2.33. The molecule has 6 heteroatoms. The molecule has 148 valence electrons. The summed E-state index contributed by atoms with van der Waals surface area (Å²) in [6.45, 7) is 0.275. The number of ether oxygens (including phenoxy) is 3. The maximum absolute atomic E-state index is 12.8. The Morgan fingerprint density at radius 3 is 2.57 bits per heavy atom. The van der Waals surface area contributed by atoms with Gasteiger partial charge < -0.3 is 14.2 Å². The zero-order valence-corrected chi connectivity index (χ0v) is 15.8. The number of hydrogen-bond donors (Lipinski definition) is 0. The number of esters is 2. The van der Waals surface area contributed by atoms with Crippen LogP contribution >= 0.6 is 0 Å². The van der Waals surface area contributed by atoms with Crippen molar-refractivity contribution in [2.45, 2.75) is 19.3 Å². The molecule has 3 aromatic rings. The van der Waals surface area contributed by atoms with Crippen LogP contribution < -0.4 is 4.74 Å². The van der Waals surface area contributed by atoms with Gasteiger partial charge in [-0.1, -0.05) is 48.5 Å². The zero-order chi connectivity index (χ0) is 20.7. The van der Waals surface area contributed by atoms with Crippen molar-refractivity contribution in [2.24, 2.45) is 0 Å². The highest BCUT2D eigenvalue weighted by molar-refractivity contribution is 6.12. The van der Waals surface area contributed by atoms with E-state index in [1.54, 1.807) is 48.5 Å². The summed E-state index contributed by atoms with van der Waals surface area (Å²) in [7, 11) is 0. The lowest BCUT2D eigenvalue weighted by molar-refractivity contribution is -0.166. The summed E-state index contributed by atoms with van der Waals surface area (Å²) in [5.74, 6) is -0.742. The van der Waals surface area contributed by atoms with Crippen molar-refractivity contribution in [1.82, 2.24) is 0 Å². The van der Waals surface area contributed by atoms with Crippen LogP contribution in [0.4, 0.5) is 0 Å². The van der Waals surface area contributed by atoms with E-state index >= 15 is 0 Å². The van der Waals surface area contributed by atoms with Gasteiger partial charge in [0, 0.05) is 16.7 Å². The Morgan fingerprint density at radius 1 is 0.933 bits per heavy atom. The number of benzene rings is 3. The molecular formula is C24H16O6. The molecular weight excluding hydrogens is 384 g/mol. The van der Waals surface area contributed by atoms with Crippen LogP contribution in [0.25, 0.3) is 0 Å². The Balaban J connectivity index is 1.33. The monoisotopic (exact) mass is 400 g/mol. The predicted octanol–water partition coefficient (Wildman–Crippen LogP) is 3.76. The number of carbonyl (C=O) groups is 3. The molecule has 6 nitrogen and oxygen atoms in total. The van der Waals surface area contributed by atoms with Crippen molar-refractivity contribution in [3.63, 3.8) is 0 Å². The van der Waals surface area contributed by atoms with Crippen molar-refractivity contribution in [2.75, 3.05) is 0 Å². The smallest absolute Gasteiger partial charge is 0.342 e. The first kappa shape index (κ1) is 18.1. The Morgan fingerprint density at radius 2 is 1.70 bits per heavy atom. The van der Waals surface area contributed by atoms with E-state index in [1.165, 1.54) is 0 Å². The van der Waals surface area contributed by atoms with Gasteiger partial charge >= 0.3 is 11.9 Å². The molecule has 0 amide bonds. The van der Waals surface area contributed by atoms with Crippen LogP contribution in [0, 0.1) is 0 Å². The van der Waals surface area contributed by atoms with Gasteiger partial charge in [-0.05, 0) is 23.8 Å². The highest BCUT2D eigenvalue weighted by Crippen LogP contribution is 2.32. The summed E-state index contributed by atoms with van der Waals surface area (Å²) in [6.07, 6.45) is -1.09. The van der Waals surface area contributed by atoms with E-state index in [2.05, 4.69) is 0 Å². The van der Waals surface area contributed by atoms with Crippen LogP contribution in [-0.4, -0.2) is 17.7 Å². The first-order chi connectivity index (χ1) is 14.6. The van der Waals surface area contributed by atoms with E-state index < -0.39 is 18.2 Å². The fraction of sp³-hybridized carbons (Fsp3) is 0.125. The molecule has 1 atom stereocenters. The fourth-order valence-corrected chi connectivity index (χ4v) is 3.68. The number of hydrogen-bond acceptors (Lipinski definition) is 6. The standard InChI is InChI=1S/C24H16O6/c25-21(29-24-18-8-4-3-7-17(18)23(27)30-24)12-14-9-10-19-20(11-14)28-13-15-5-1-2-6-16(15)22(19)26/h1-11,24H,12-13H2. The van der Waals surface area contributed by atoms with Crippen molar-refractivity contribution in [3.8, 4) is 5.75 Å². The Kier molecular flexibility index (Phi) is 4.32. The van der Waals surface area contributed by atoms with Crippen LogP contribution in [0.15, 0.2) is 66.7 Å². The molecule has 5 rings (SSSR count). The molecule has 30 heavy (non-hydrogen) atoms. The lowest BCUT2D eigenvalue weighted by atomic mass is 9.98. The van der Waals surface area contributed by atoms with Crippen molar-refractivity contribution in [1.29, 1.82) is 0 Å². The summed E-state index contributed by atoms with van der Waals surface area (Å²) < 4.78 is 16.3. The van der Waals surface area contributed by atoms with E-state index in [-0.39, 0.29) is 18.8 Å². The second kappa shape index (κ2) is 7.15. The minimum atomic E-state index is -1.05. The Hall–Kier alpha value is -3.93. The molecule has 2 heterocycles. The molecule has 0 N–H and O–H groups in total. The SMILES string of the molecule is O=C(Cc1ccc2c(c1)OCc1ccccc1C2=O)OC1OC(=O)c2ccccc21. The van der Waals surface area contributed by atoms with Crippen molar-refractivity contribution in [3.05, 3.63) is 100 Å². The van der Waals surface area contributed by atoms with E-state index in [0.29, 0.717) is 33.6 Å². The Labute approximate surface area is 172 Å². The van der Waals surface area contributed by atoms with Crippen LogP contribution in [-0.2, 0) is 27.3 Å². The van der Waals surface area contributed by atoms with Crippen molar-refractivity contribution < 1.29 is 28.6 Å². The molecule has 0 radical (unpaired) electrons. The molecule has 0 aliphatic carbocycles. The average Bonchev–Trinajstić information content (AvgIpc) is 2.99. The number of carbonyl (C=O) groups excluding carboxylic acids is 3. The van der Waals surface area contributed by atoms with Crippen LogP contribution in [0.1, 0.15) is 49.3 Å². The van der Waals surface area contributed by atoms with E-state index in [9.17, 15) is 14.4 Å². The third-order valence-electron chi connectivity index (χ3n) is 5.17. The molecule has 2 aliphatic heterocycles. The average molecular weight is 400 g/mol. The third-order valence-corrected chi connectivity index (χ3v) is 5.17. The molecule has 0 saturated heterocycles. The number of cyclic esters (lactones) is 1. The summed E-state index contributed by atoms with van der Waals surface area (Å²) >= 11 is 0. The molecule has 0 fully saturated rings. The predicted molar refractivity (Wildman–Crippen MR) is 105 cm³/mol. The first-order valence-electron chi connectivity index (χ1n) is 9.48. The van der Waals surface area contributed by atoms with E-state index in [4.69, 9.17) is 14.2 Å². The van der Waals surface area contributed by atoms with E-state index in [1.807, 2.05) is 18.2 Å². The van der Waals surface area contributed by atoms with Gasteiger partial charge in [-0.25, -0.2) is 4.79 Å². The Bertz CT molecular complexity index is 1200. The van der Waals surface area contributed by atoms with Gasteiger partial charge in [0.15, 0.2) is 5.78 Å². The van der Waals surface area contributed by atoms with Crippen LogP contribution in [0.2, 0.25) is 0 Å². The largest absolute Gasteiger partial charge is 0.488 e. The molecule has 0 saturated carbocycles. The second-order valence-electron chi connectivity index (χ2n) is 7.10. The second-order valence-corrected chi connectivity index (χ2v) is 7.10. The van der Waals surface area contributed by atoms with Gasteiger partial charge in [-0.2, -0.15) is 0 Å². The molecule has 0 aromatic heterocycles. The number of ketones is 1. The van der Waals surface area contributed by atoms with Gasteiger partial charge in [0.1, 0.15) is 12.4 Å². The molecule has 1 unspecified atom stereocenters. The molecule has 3 aromatic carbocycles. The van der Waals surface area contributed by atoms with Gasteiger partial charge in [0.25, 0.3) is 6.29 Å². The molecule has 2 aliphatic rings. The summed E-state index contributed by atoms with van der Waals surface area (Å²) in [5, 5.41) is 0. The number of rotatable bonds is 3. The molecule has 0 bridgehead atoms. The topological polar surface area (TPSA) is 78.9 Å². The minimum absolute atomic E-state index is 0.0476. The summed E-state index contributed by atoms with van der Waals surface area (Å²) in [6, 6.07) is 19.1. The third kappa shape index (κ3) is 3.12. The lowest BCUT2D eigenvalue weighted by Gasteiger charge is -2.13. The van der Waals surface area contributed by atoms with Crippen LogP contribution in [0.5, 0.6) is 5.75 Å². The zero-order valence-electron chi connectivity index (χ0n) is 15.8. The minimum Gasteiger partial charge on any atom is -0.488 e. The highest BCUT2D eigenvalue weighted by atomic mass is 16.7. The summed E-state index contributed by atoms with van der Waals surface area (Å²) in [5.41, 5.74) is 3.45. The first-order valence-corrected chi connectivity index (χ1v) is 9.48. The maximum Gasteiger partial charge on any atom is 0.342 e.